The highest BCUT2D eigenvalue weighted by Crippen LogP contribution is 2.35. The minimum absolute atomic E-state index is 0.404. The Morgan fingerprint density at radius 1 is 1.00 bits per heavy atom. The Balaban J connectivity index is 1.59. The minimum atomic E-state index is 0.404. The molecule has 0 spiro atoms. The van der Waals surface area contributed by atoms with Gasteiger partial charge in [0.05, 0.1) is 5.69 Å². The molecule has 0 unspecified atom stereocenters. The predicted octanol–water partition coefficient (Wildman–Crippen LogP) is 2.76. The van der Waals surface area contributed by atoms with Crippen molar-refractivity contribution in [3.8, 4) is 0 Å². The van der Waals surface area contributed by atoms with Crippen molar-refractivity contribution in [3.05, 3.63) is 24.3 Å². The van der Waals surface area contributed by atoms with Gasteiger partial charge in [0.25, 0.3) is 0 Å². The van der Waals surface area contributed by atoms with Gasteiger partial charge >= 0.3 is 0 Å². The number of nitrogens with one attached hydrogen (secondary N) is 1. The lowest BCUT2D eigenvalue weighted by Gasteiger charge is -2.48. The van der Waals surface area contributed by atoms with E-state index in [1.807, 2.05) is 6.20 Å². The molecule has 2 fully saturated rings. The second-order valence-electron chi connectivity index (χ2n) is 6.63. The van der Waals surface area contributed by atoms with Gasteiger partial charge in [-0.2, -0.15) is 0 Å². The highest BCUT2D eigenvalue weighted by molar-refractivity contribution is 4.98. The maximum atomic E-state index is 4.36. The number of hydrogen-bond acceptors (Lipinski definition) is 4. The van der Waals surface area contributed by atoms with E-state index in [-0.39, 0.29) is 0 Å². The van der Waals surface area contributed by atoms with E-state index in [2.05, 4.69) is 20.2 Å². The number of nitrogens with zero attached hydrogens (tertiary/aromatic N) is 3. The van der Waals surface area contributed by atoms with Crippen molar-refractivity contribution in [2.45, 2.75) is 63.5 Å². The fourth-order valence-electron chi connectivity index (χ4n) is 4.03. The van der Waals surface area contributed by atoms with Crippen LogP contribution in [0.5, 0.6) is 0 Å². The Kier molecular flexibility index (Phi) is 5.20. The number of rotatable bonds is 5. The lowest BCUT2D eigenvalue weighted by Crippen LogP contribution is -2.57. The van der Waals surface area contributed by atoms with E-state index in [0.29, 0.717) is 5.54 Å². The summed E-state index contributed by atoms with van der Waals surface area (Å²) in [5.41, 5.74) is 1.45. The van der Waals surface area contributed by atoms with E-state index >= 15 is 0 Å². The third-order valence-corrected chi connectivity index (χ3v) is 5.19. The van der Waals surface area contributed by atoms with Gasteiger partial charge in [0.15, 0.2) is 0 Å². The second kappa shape index (κ2) is 7.32. The summed E-state index contributed by atoms with van der Waals surface area (Å²) in [6, 6.07) is 0. The molecule has 1 aromatic rings. The second-order valence-corrected chi connectivity index (χ2v) is 6.63. The van der Waals surface area contributed by atoms with Crippen LogP contribution < -0.4 is 5.32 Å². The molecule has 0 amide bonds. The van der Waals surface area contributed by atoms with Gasteiger partial charge in [-0.15, -0.1) is 0 Å². The SMILES string of the molecule is c1cnc(CNCC2(N3CCCCC3)CCCCC2)cn1. The van der Waals surface area contributed by atoms with Gasteiger partial charge in [0.2, 0.25) is 0 Å². The van der Waals surface area contributed by atoms with Gasteiger partial charge in [0.1, 0.15) is 0 Å². The molecular formula is C17H28N4. The maximum absolute atomic E-state index is 4.36. The number of hydrogen-bond donors (Lipinski definition) is 1. The Bertz CT molecular complexity index is 408. The zero-order valence-electron chi connectivity index (χ0n) is 13.1. The molecule has 1 aromatic heterocycles. The number of likely N-dealkylation sites (tertiary alicyclic amines) is 1. The van der Waals surface area contributed by atoms with Crippen molar-refractivity contribution in [2.75, 3.05) is 19.6 Å². The Labute approximate surface area is 128 Å². The third-order valence-electron chi connectivity index (χ3n) is 5.19. The molecule has 0 bridgehead atoms. The fraction of sp³-hybridized carbons (Fsp3) is 0.765. The van der Waals surface area contributed by atoms with Crippen molar-refractivity contribution in [1.82, 2.24) is 20.2 Å². The summed E-state index contributed by atoms with van der Waals surface area (Å²) in [5, 5.41) is 3.67. The van der Waals surface area contributed by atoms with Crippen LogP contribution in [0, 0.1) is 0 Å². The summed E-state index contributed by atoms with van der Waals surface area (Å²) < 4.78 is 0. The lowest BCUT2D eigenvalue weighted by atomic mass is 9.79. The molecule has 3 rings (SSSR count). The molecule has 2 heterocycles. The van der Waals surface area contributed by atoms with Crippen molar-refractivity contribution < 1.29 is 0 Å². The van der Waals surface area contributed by atoms with E-state index in [1.54, 1.807) is 12.4 Å². The highest BCUT2D eigenvalue weighted by atomic mass is 15.2. The van der Waals surface area contributed by atoms with Crippen molar-refractivity contribution in [3.63, 3.8) is 0 Å². The summed E-state index contributed by atoms with van der Waals surface area (Å²) >= 11 is 0. The molecule has 116 valence electrons. The van der Waals surface area contributed by atoms with Crippen molar-refractivity contribution in [1.29, 1.82) is 0 Å². The first-order chi connectivity index (χ1) is 10.4. The summed E-state index contributed by atoms with van der Waals surface area (Å²) in [4.78, 5) is 11.3. The smallest absolute Gasteiger partial charge is 0.0724 e. The quantitative estimate of drug-likeness (QED) is 0.904. The van der Waals surface area contributed by atoms with Gasteiger partial charge in [0, 0.05) is 37.2 Å². The summed E-state index contributed by atoms with van der Waals surface area (Å²) in [7, 11) is 0. The topological polar surface area (TPSA) is 41.1 Å². The average molecular weight is 288 g/mol. The van der Waals surface area contributed by atoms with Gasteiger partial charge in [-0.3, -0.25) is 14.9 Å². The first-order valence-electron chi connectivity index (χ1n) is 8.60. The van der Waals surface area contributed by atoms with Gasteiger partial charge in [-0.1, -0.05) is 25.7 Å². The normalized spacial score (nSPS) is 23.0. The van der Waals surface area contributed by atoms with E-state index in [0.717, 1.165) is 18.8 Å². The zero-order chi connectivity index (χ0) is 14.4. The maximum Gasteiger partial charge on any atom is 0.0724 e. The van der Waals surface area contributed by atoms with Crippen molar-refractivity contribution in [2.24, 2.45) is 0 Å². The summed E-state index contributed by atoms with van der Waals surface area (Å²) in [5.74, 6) is 0. The van der Waals surface area contributed by atoms with Crippen molar-refractivity contribution >= 4 is 0 Å². The molecule has 1 aliphatic heterocycles. The van der Waals surface area contributed by atoms with Crippen LogP contribution in [-0.2, 0) is 6.54 Å². The monoisotopic (exact) mass is 288 g/mol. The van der Waals surface area contributed by atoms with Crippen LogP contribution in [-0.4, -0.2) is 40.0 Å². The molecule has 21 heavy (non-hydrogen) atoms. The van der Waals surface area contributed by atoms with Crippen LogP contribution in [0.2, 0.25) is 0 Å². The van der Waals surface area contributed by atoms with Crippen LogP contribution in [0.1, 0.15) is 57.1 Å². The average Bonchev–Trinajstić information content (AvgIpc) is 2.58. The molecule has 0 aromatic carbocycles. The van der Waals surface area contributed by atoms with Crippen LogP contribution in [0.4, 0.5) is 0 Å². The fourth-order valence-corrected chi connectivity index (χ4v) is 4.03. The first kappa shape index (κ1) is 14.9. The molecule has 4 heteroatoms. The first-order valence-corrected chi connectivity index (χ1v) is 8.60. The van der Waals surface area contributed by atoms with Crippen LogP contribution in [0.15, 0.2) is 18.6 Å². The lowest BCUT2D eigenvalue weighted by molar-refractivity contribution is 0.0332. The molecule has 0 radical (unpaired) electrons. The van der Waals surface area contributed by atoms with Gasteiger partial charge in [-0.05, 0) is 38.8 Å². The van der Waals surface area contributed by atoms with E-state index in [4.69, 9.17) is 0 Å². The van der Waals surface area contributed by atoms with Crippen LogP contribution >= 0.6 is 0 Å². The zero-order valence-corrected chi connectivity index (χ0v) is 13.1. The minimum Gasteiger partial charge on any atom is -0.309 e. The molecule has 4 nitrogen and oxygen atoms in total. The molecule has 2 aliphatic rings. The van der Waals surface area contributed by atoms with E-state index < -0.39 is 0 Å². The number of piperidine rings is 1. The summed E-state index contributed by atoms with van der Waals surface area (Å²) in [6.07, 6.45) is 16.5. The van der Waals surface area contributed by atoms with Crippen LogP contribution in [0.3, 0.4) is 0 Å². The molecule has 1 saturated carbocycles. The highest BCUT2D eigenvalue weighted by Gasteiger charge is 2.37. The molecular weight excluding hydrogens is 260 g/mol. The third kappa shape index (κ3) is 3.80. The van der Waals surface area contributed by atoms with Gasteiger partial charge in [-0.25, -0.2) is 0 Å². The Hall–Kier alpha value is -1.00. The number of aromatic nitrogens is 2. The standard InChI is InChI=1S/C17H28N4/c1-3-7-17(8-4-1,21-11-5-2-6-12-21)15-19-14-16-13-18-9-10-20-16/h9-10,13,19H,1-8,11-12,14-15H2. The molecule has 1 N–H and O–H groups in total. The predicted molar refractivity (Wildman–Crippen MR) is 85.0 cm³/mol. The van der Waals surface area contributed by atoms with Crippen LogP contribution in [0.25, 0.3) is 0 Å². The molecule has 1 aliphatic carbocycles. The largest absolute Gasteiger partial charge is 0.309 e. The van der Waals surface area contributed by atoms with Gasteiger partial charge < -0.3 is 5.32 Å². The van der Waals surface area contributed by atoms with E-state index in [9.17, 15) is 0 Å². The Morgan fingerprint density at radius 2 is 1.76 bits per heavy atom. The molecule has 0 atom stereocenters. The van der Waals surface area contributed by atoms with E-state index in [1.165, 1.54) is 64.5 Å². The summed E-state index contributed by atoms with van der Waals surface area (Å²) in [6.45, 7) is 4.53. The Morgan fingerprint density at radius 3 is 2.48 bits per heavy atom. The molecule has 1 saturated heterocycles.